The maximum absolute atomic E-state index is 13.0. The standard InChI is InChI=1S/C23H21N3O2/c1-17(24-19-11-7-4-8-12-19)22(23(27)18-9-5-3-6-10-18)26-25-20-13-15-21(28-2)16-14-20/h3-16,25H,1-2H3/b24-17?,26-22+. The van der Waals surface area contributed by atoms with Crippen LogP contribution in [-0.4, -0.2) is 24.3 Å². The van der Waals surface area contributed by atoms with Gasteiger partial charge < -0.3 is 4.74 Å². The number of aliphatic imine (C=N–C) groups is 1. The van der Waals surface area contributed by atoms with E-state index in [0.29, 0.717) is 11.3 Å². The van der Waals surface area contributed by atoms with Crippen LogP contribution in [-0.2, 0) is 0 Å². The van der Waals surface area contributed by atoms with Crippen LogP contribution in [0.4, 0.5) is 11.4 Å². The molecule has 5 heteroatoms. The summed E-state index contributed by atoms with van der Waals surface area (Å²) in [6.07, 6.45) is 0. The molecule has 28 heavy (non-hydrogen) atoms. The molecule has 0 fully saturated rings. The lowest BCUT2D eigenvalue weighted by Gasteiger charge is -2.08. The highest BCUT2D eigenvalue weighted by Crippen LogP contribution is 2.16. The lowest BCUT2D eigenvalue weighted by atomic mass is 10.0. The Balaban J connectivity index is 1.93. The summed E-state index contributed by atoms with van der Waals surface area (Å²) in [5.41, 5.74) is 5.79. The molecule has 140 valence electrons. The van der Waals surface area contributed by atoms with Gasteiger partial charge in [0, 0.05) is 5.56 Å². The summed E-state index contributed by atoms with van der Waals surface area (Å²) in [6.45, 7) is 1.78. The van der Waals surface area contributed by atoms with Crippen LogP contribution in [0.5, 0.6) is 5.75 Å². The molecule has 0 radical (unpaired) electrons. The van der Waals surface area contributed by atoms with Crippen molar-refractivity contribution in [2.24, 2.45) is 10.1 Å². The molecular formula is C23H21N3O2. The van der Waals surface area contributed by atoms with Crippen LogP contribution >= 0.6 is 0 Å². The number of ether oxygens (including phenoxy) is 1. The summed E-state index contributed by atoms with van der Waals surface area (Å²) in [6, 6.07) is 25.8. The van der Waals surface area contributed by atoms with E-state index in [-0.39, 0.29) is 11.5 Å². The topological polar surface area (TPSA) is 63.0 Å². The minimum absolute atomic E-state index is 0.196. The first kappa shape index (κ1) is 19.0. The van der Waals surface area contributed by atoms with Crippen molar-refractivity contribution in [3.8, 4) is 5.75 Å². The summed E-state index contributed by atoms with van der Waals surface area (Å²) < 4.78 is 5.16. The zero-order chi connectivity index (χ0) is 19.8. The van der Waals surface area contributed by atoms with E-state index in [1.165, 1.54) is 0 Å². The molecule has 0 aliphatic heterocycles. The van der Waals surface area contributed by atoms with Crippen molar-refractivity contribution in [2.45, 2.75) is 6.92 Å². The van der Waals surface area contributed by atoms with Crippen molar-refractivity contribution >= 4 is 28.6 Å². The maximum atomic E-state index is 13.0. The van der Waals surface area contributed by atoms with Gasteiger partial charge in [-0.25, -0.2) is 0 Å². The second-order valence-electron chi connectivity index (χ2n) is 6.03. The Kier molecular flexibility index (Phi) is 6.31. The fraction of sp³-hybridized carbons (Fsp3) is 0.0870. The number of hydrogen-bond acceptors (Lipinski definition) is 5. The number of hydrazone groups is 1. The molecular weight excluding hydrogens is 350 g/mol. The molecule has 1 N–H and O–H groups in total. The second kappa shape index (κ2) is 9.28. The number of carbonyl (C=O) groups is 1. The lowest BCUT2D eigenvalue weighted by molar-refractivity contribution is 0.106. The largest absolute Gasteiger partial charge is 0.497 e. The molecule has 0 heterocycles. The Hall–Kier alpha value is -3.73. The molecule has 0 aliphatic rings. The predicted molar refractivity (Wildman–Crippen MR) is 114 cm³/mol. The number of methoxy groups -OCH3 is 1. The summed E-state index contributed by atoms with van der Waals surface area (Å²) in [5, 5.41) is 4.37. The number of benzene rings is 3. The quantitative estimate of drug-likeness (QED) is 0.355. The molecule has 0 unspecified atom stereocenters. The number of rotatable bonds is 7. The highest BCUT2D eigenvalue weighted by atomic mass is 16.5. The second-order valence-corrected chi connectivity index (χ2v) is 6.03. The van der Waals surface area contributed by atoms with Crippen molar-refractivity contribution in [3.05, 3.63) is 90.5 Å². The number of ketones is 1. The number of carbonyl (C=O) groups excluding carboxylic acids is 1. The number of nitrogens with one attached hydrogen (secondary N) is 1. The normalized spacial score (nSPS) is 11.8. The number of hydrogen-bond donors (Lipinski definition) is 1. The van der Waals surface area contributed by atoms with Gasteiger partial charge in [-0.15, -0.1) is 0 Å². The maximum Gasteiger partial charge on any atom is 0.215 e. The summed E-state index contributed by atoms with van der Waals surface area (Å²) in [5.74, 6) is 0.552. The minimum Gasteiger partial charge on any atom is -0.497 e. The number of anilines is 1. The van der Waals surface area contributed by atoms with Crippen molar-refractivity contribution in [2.75, 3.05) is 12.5 Å². The Morgan fingerprint density at radius 3 is 2.07 bits per heavy atom. The van der Waals surface area contributed by atoms with Gasteiger partial charge in [-0.05, 0) is 43.3 Å². The summed E-state index contributed by atoms with van der Waals surface area (Å²) >= 11 is 0. The monoisotopic (exact) mass is 371 g/mol. The van der Waals surface area contributed by atoms with E-state index in [9.17, 15) is 4.79 Å². The lowest BCUT2D eigenvalue weighted by Crippen LogP contribution is -2.23. The van der Waals surface area contributed by atoms with Gasteiger partial charge in [0.25, 0.3) is 0 Å². The highest BCUT2D eigenvalue weighted by molar-refractivity contribution is 6.70. The molecule has 0 saturated carbocycles. The van der Waals surface area contributed by atoms with Crippen LogP contribution < -0.4 is 10.2 Å². The molecule has 0 aliphatic carbocycles. The van der Waals surface area contributed by atoms with Crippen LogP contribution in [0, 0.1) is 0 Å². The summed E-state index contributed by atoms with van der Waals surface area (Å²) in [4.78, 5) is 17.6. The van der Waals surface area contributed by atoms with Crippen LogP contribution in [0.15, 0.2) is 95.0 Å². The molecule has 0 saturated heterocycles. The Morgan fingerprint density at radius 2 is 1.46 bits per heavy atom. The molecule has 3 aromatic rings. The van der Waals surface area contributed by atoms with Gasteiger partial charge in [0.05, 0.1) is 24.2 Å². The first-order valence-electron chi connectivity index (χ1n) is 8.85. The molecule has 3 aromatic carbocycles. The Bertz CT molecular complexity index is 979. The fourth-order valence-corrected chi connectivity index (χ4v) is 2.56. The van der Waals surface area contributed by atoms with Crippen molar-refractivity contribution in [3.63, 3.8) is 0 Å². The molecule has 5 nitrogen and oxygen atoms in total. The van der Waals surface area contributed by atoms with E-state index < -0.39 is 0 Å². The van der Waals surface area contributed by atoms with Gasteiger partial charge in [-0.3, -0.25) is 15.2 Å². The zero-order valence-electron chi connectivity index (χ0n) is 15.8. The number of nitrogens with zero attached hydrogens (tertiary/aromatic N) is 2. The van der Waals surface area contributed by atoms with Crippen molar-refractivity contribution in [1.29, 1.82) is 0 Å². The SMILES string of the molecule is COc1ccc(N/N=C(/C(=O)c2ccccc2)C(C)=Nc2ccccc2)cc1. The van der Waals surface area contributed by atoms with Gasteiger partial charge >= 0.3 is 0 Å². The van der Waals surface area contributed by atoms with Crippen LogP contribution in [0.2, 0.25) is 0 Å². The van der Waals surface area contributed by atoms with Crippen LogP contribution in [0.25, 0.3) is 0 Å². The van der Waals surface area contributed by atoms with Gasteiger partial charge in [-0.1, -0.05) is 48.5 Å². The van der Waals surface area contributed by atoms with E-state index in [4.69, 9.17) is 4.74 Å². The molecule has 0 atom stereocenters. The predicted octanol–water partition coefficient (Wildman–Crippen LogP) is 5.14. The first-order valence-corrected chi connectivity index (χ1v) is 8.85. The Morgan fingerprint density at radius 1 is 0.857 bits per heavy atom. The number of para-hydroxylation sites is 1. The average molecular weight is 371 g/mol. The van der Waals surface area contributed by atoms with Crippen LogP contribution in [0.3, 0.4) is 0 Å². The van der Waals surface area contributed by atoms with E-state index in [1.807, 2.05) is 72.8 Å². The van der Waals surface area contributed by atoms with Crippen molar-refractivity contribution in [1.82, 2.24) is 0 Å². The average Bonchev–Trinajstić information content (AvgIpc) is 2.75. The van der Waals surface area contributed by atoms with Crippen LogP contribution in [0.1, 0.15) is 17.3 Å². The van der Waals surface area contributed by atoms with Gasteiger partial charge in [0.1, 0.15) is 5.75 Å². The van der Waals surface area contributed by atoms with Gasteiger partial charge in [0.15, 0.2) is 5.71 Å². The Labute approximate surface area is 164 Å². The number of Topliss-reactive ketones (excluding diaryl/α,β-unsaturated/α-hetero) is 1. The van der Waals surface area contributed by atoms with Gasteiger partial charge in [0.2, 0.25) is 5.78 Å². The van der Waals surface area contributed by atoms with Crippen molar-refractivity contribution < 1.29 is 9.53 Å². The molecule has 0 bridgehead atoms. The third-order valence-electron chi connectivity index (χ3n) is 4.03. The molecule has 3 rings (SSSR count). The van der Waals surface area contributed by atoms with E-state index in [2.05, 4.69) is 15.5 Å². The molecule has 0 amide bonds. The first-order chi connectivity index (χ1) is 13.7. The fourth-order valence-electron chi connectivity index (χ4n) is 2.56. The van der Waals surface area contributed by atoms with E-state index in [0.717, 1.165) is 17.1 Å². The molecule has 0 aromatic heterocycles. The highest BCUT2D eigenvalue weighted by Gasteiger charge is 2.17. The molecule has 0 spiro atoms. The smallest absolute Gasteiger partial charge is 0.215 e. The van der Waals surface area contributed by atoms with E-state index in [1.54, 1.807) is 26.2 Å². The zero-order valence-corrected chi connectivity index (χ0v) is 15.8. The van der Waals surface area contributed by atoms with Gasteiger partial charge in [-0.2, -0.15) is 5.10 Å². The minimum atomic E-state index is -0.196. The summed E-state index contributed by atoms with van der Waals surface area (Å²) in [7, 11) is 1.61. The van der Waals surface area contributed by atoms with E-state index >= 15 is 0 Å². The third-order valence-corrected chi connectivity index (χ3v) is 4.03. The third kappa shape index (κ3) is 4.92.